The molecule has 1 saturated carbocycles. The largest absolute Gasteiger partial charge is 0.365 e. The van der Waals surface area contributed by atoms with E-state index in [0.29, 0.717) is 33.0 Å². The SMILES string of the molecule is C[N+](C)(CC(N)=O)[C@H]1CCCC[C@H]1c1ccc(Cl)c(Cl)c1. The third kappa shape index (κ3) is 3.91. The minimum absolute atomic E-state index is 0.251. The highest BCUT2D eigenvalue weighted by molar-refractivity contribution is 6.42. The third-order valence-electron chi connectivity index (χ3n) is 4.56. The number of carbonyl (C=O) groups excluding carboxylic acids is 1. The van der Waals surface area contributed by atoms with Crippen molar-refractivity contribution >= 4 is 29.1 Å². The molecule has 3 nitrogen and oxygen atoms in total. The van der Waals surface area contributed by atoms with Gasteiger partial charge in [-0.25, -0.2) is 0 Å². The Morgan fingerprint density at radius 1 is 1.24 bits per heavy atom. The molecular formula is C16H23Cl2N2O+. The summed E-state index contributed by atoms with van der Waals surface area (Å²) in [7, 11) is 4.18. The van der Waals surface area contributed by atoms with Crippen LogP contribution in [0.3, 0.4) is 0 Å². The third-order valence-corrected chi connectivity index (χ3v) is 5.30. The van der Waals surface area contributed by atoms with Gasteiger partial charge in [0, 0.05) is 12.3 Å². The first-order chi connectivity index (χ1) is 9.81. The first kappa shape index (κ1) is 16.6. The fourth-order valence-corrected chi connectivity index (χ4v) is 3.91. The van der Waals surface area contributed by atoms with E-state index in [1.807, 2.05) is 12.1 Å². The van der Waals surface area contributed by atoms with Crippen LogP contribution >= 0.6 is 23.2 Å². The van der Waals surface area contributed by atoms with E-state index >= 15 is 0 Å². The van der Waals surface area contributed by atoms with Crippen molar-refractivity contribution in [2.45, 2.75) is 37.6 Å². The summed E-state index contributed by atoms with van der Waals surface area (Å²) < 4.78 is 0.625. The standard InChI is InChI=1S/C16H22Cl2N2O/c1-20(2,10-16(19)21)15-6-4-3-5-12(15)11-7-8-13(17)14(18)9-11/h7-9,12,15H,3-6,10H2,1-2H3,(H-,19,21)/p+1/t12-,15-/m0/s1. The Morgan fingerprint density at radius 3 is 2.52 bits per heavy atom. The van der Waals surface area contributed by atoms with Crippen LogP contribution in [-0.4, -0.2) is 37.1 Å². The minimum Gasteiger partial charge on any atom is -0.365 e. The second kappa shape index (κ2) is 6.55. The maximum Gasteiger partial charge on any atom is 0.272 e. The predicted molar refractivity (Wildman–Crippen MR) is 87.6 cm³/mol. The molecular weight excluding hydrogens is 307 g/mol. The quantitative estimate of drug-likeness (QED) is 0.843. The van der Waals surface area contributed by atoms with Gasteiger partial charge in [0.1, 0.15) is 0 Å². The zero-order valence-corrected chi connectivity index (χ0v) is 14.1. The van der Waals surface area contributed by atoms with Crippen LogP contribution in [0.4, 0.5) is 0 Å². The Balaban J connectivity index is 2.30. The van der Waals surface area contributed by atoms with E-state index in [1.165, 1.54) is 18.4 Å². The Bertz CT molecular complexity index is 531. The molecule has 1 amide bonds. The van der Waals surface area contributed by atoms with Gasteiger partial charge < -0.3 is 10.2 Å². The number of quaternary nitrogens is 1. The molecule has 1 aliphatic rings. The number of likely N-dealkylation sites (N-methyl/N-ethyl adjacent to an activating group) is 1. The van der Waals surface area contributed by atoms with Crippen molar-refractivity contribution in [3.05, 3.63) is 33.8 Å². The summed E-state index contributed by atoms with van der Waals surface area (Å²) >= 11 is 12.2. The van der Waals surface area contributed by atoms with Crippen molar-refractivity contribution in [2.75, 3.05) is 20.6 Å². The topological polar surface area (TPSA) is 43.1 Å². The van der Waals surface area contributed by atoms with Crippen LogP contribution in [0.5, 0.6) is 0 Å². The molecule has 0 heterocycles. The summed E-state index contributed by atoms with van der Waals surface area (Å²) in [5.41, 5.74) is 6.63. The van der Waals surface area contributed by atoms with Gasteiger partial charge in [0.15, 0.2) is 6.54 Å². The van der Waals surface area contributed by atoms with Gasteiger partial charge in [0.05, 0.1) is 30.2 Å². The number of hydrogen-bond acceptors (Lipinski definition) is 1. The van der Waals surface area contributed by atoms with Gasteiger partial charge in [0.2, 0.25) is 0 Å². The van der Waals surface area contributed by atoms with Crippen molar-refractivity contribution in [3.8, 4) is 0 Å². The van der Waals surface area contributed by atoms with E-state index in [9.17, 15) is 4.79 Å². The zero-order chi connectivity index (χ0) is 15.6. The Hall–Kier alpha value is -0.770. The molecule has 116 valence electrons. The summed E-state index contributed by atoms with van der Waals surface area (Å²) in [6, 6.07) is 6.26. The number of rotatable bonds is 4. The molecule has 0 saturated heterocycles. The number of benzene rings is 1. The van der Waals surface area contributed by atoms with Crippen molar-refractivity contribution in [1.29, 1.82) is 0 Å². The van der Waals surface area contributed by atoms with Crippen LogP contribution in [0.15, 0.2) is 18.2 Å². The molecule has 21 heavy (non-hydrogen) atoms. The first-order valence-electron chi connectivity index (χ1n) is 7.37. The van der Waals surface area contributed by atoms with Crippen LogP contribution in [0, 0.1) is 0 Å². The maximum absolute atomic E-state index is 11.4. The monoisotopic (exact) mass is 329 g/mol. The van der Waals surface area contributed by atoms with Gasteiger partial charge in [-0.2, -0.15) is 0 Å². The Labute approximate surface area is 136 Å². The predicted octanol–water partition coefficient (Wildman–Crippen LogP) is 3.58. The lowest BCUT2D eigenvalue weighted by Gasteiger charge is -2.44. The molecule has 0 aliphatic heterocycles. The molecule has 0 aromatic heterocycles. The molecule has 0 radical (unpaired) electrons. The average molecular weight is 330 g/mol. The molecule has 1 fully saturated rings. The van der Waals surface area contributed by atoms with Crippen LogP contribution in [0.2, 0.25) is 10.0 Å². The van der Waals surface area contributed by atoms with Gasteiger partial charge in [-0.1, -0.05) is 35.7 Å². The summed E-state index contributed by atoms with van der Waals surface area (Å²) in [5, 5.41) is 1.18. The summed E-state index contributed by atoms with van der Waals surface area (Å²) in [6.07, 6.45) is 4.62. The van der Waals surface area contributed by atoms with Gasteiger partial charge >= 0.3 is 0 Å². The molecule has 5 heteroatoms. The second-order valence-corrected chi connectivity index (χ2v) is 7.35. The molecule has 1 aliphatic carbocycles. The van der Waals surface area contributed by atoms with E-state index < -0.39 is 0 Å². The molecule has 1 aromatic rings. The summed E-state index contributed by atoms with van der Waals surface area (Å²) in [4.78, 5) is 11.4. The van der Waals surface area contributed by atoms with Crippen molar-refractivity contribution in [2.24, 2.45) is 5.73 Å². The van der Waals surface area contributed by atoms with Crippen LogP contribution < -0.4 is 5.73 Å². The van der Waals surface area contributed by atoms with Gasteiger partial charge in [-0.3, -0.25) is 4.79 Å². The average Bonchev–Trinajstić information content (AvgIpc) is 2.40. The molecule has 0 unspecified atom stereocenters. The summed E-state index contributed by atoms with van der Waals surface area (Å²) in [5.74, 6) is 0.140. The number of hydrogen-bond donors (Lipinski definition) is 1. The van der Waals surface area contributed by atoms with Crippen molar-refractivity contribution in [3.63, 3.8) is 0 Å². The maximum atomic E-state index is 11.4. The lowest BCUT2D eigenvalue weighted by atomic mass is 9.78. The number of amides is 1. The number of nitrogens with zero attached hydrogens (tertiary/aromatic N) is 1. The molecule has 0 spiro atoms. The van der Waals surface area contributed by atoms with E-state index in [2.05, 4.69) is 20.2 Å². The Kier molecular flexibility index (Phi) is 5.18. The van der Waals surface area contributed by atoms with Gasteiger partial charge in [0.25, 0.3) is 5.91 Å². The van der Waals surface area contributed by atoms with E-state index in [4.69, 9.17) is 28.9 Å². The molecule has 0 bridgehead atoms. The van der Waals surface area contributed by atoms with Crippen LogP contribution in [-0.2, 0) is 4.79 Å². The lowest BCUT2D eigenvalue weighted by Crippen LogP contribution is -2.56. The van der Waals surface area contributed by atoms with Crippen molar-refractivity contribution in [1.82, 2.24) is 0 Å². The van der Waals surface area contributed by atoms with E-state index in [-0.39, 0.29) is 5.91 Å². The Morgan fingerprint density at radius 2 is 1.90 bits per heavy atom. The van der Waals surface area contributed by atoms with Crippen molar-refractivity contribution < 1.29 is 9.28 Å². The van der Waals surface area contributed by atoms with E-state index in [0.717, 1.165) is 12.8 Å². The normalized spacial score (nSPS) is 23.0. The van der Waals surface area contributed by atoms with E-state index in [1.54, 1.807) is 0 Å². The highest BCUT2D eigenvalue weighted by Gasteiger charge is 2.39. The lowest BCUT2D eigenvalue weighted by molar-refractivity contribution is -0.910. The fourth-order valence-electron chi connectivity index (χ4n) is 3.60. The highest BCUT2D eigenvalue weighted by atomic mass is 35.5. The summed E-state index contributed by atoms with van der Waals surface area (Å²) in [6.45, 7) is 0.364. The number of nitrogens with two attached hydrogens (primary N) is 1. The van der Waals surface area contributed by atoms with Gasteiger partial charge in [-0.05, 0) is 30.5 Å². The zero-order valence-electron chi connectivity index (χ0n) is 12.6. The molecule has 1 aromatic carbocycles. The number of primary amides is 1. The highest BCUT2D eigenvalue weighted by Crippen LogP contribution is 2.39. The first-order valence-corrected chi connectivity index (χ1v) is 8.13. The fraction of sp³-hybridized carbons (Fsp3) is 0.562. The smallest absolute Gasteiger partial charge is 0.272 e. The van der Waals surface area contributed by atoms with Gasteiger partial charge in [-0.15, -0.1) is 0 Å². The molecule has 2 N–H and O–H groups in total. The van der Waals surface area contributed by atoms with Crippen LogP contribution in [0.1, 0.15) is 37.2 Å². The van der Waals surface area contributed by atoms with Crippen LogP contribution in [0.25, 0.3) is 0 Å². The minimum atomic E-state index is -0.251. The number of halogens is 2. The number of carbonyl (C=O) groups is 1. The molecule has 2 rings (SSSR count). The second-order valence-electron chi connectivity index (χ2n) is 6.53. The molecule has 2 atom stereocenters.